The van der Waals surface area contributed by atoms with Gasteiger partial charge in [0.1, 0.15) is 22.9 Å². The van der Waals surface area contributed by atoms with E-state index in [0.29, 0.717) is 23.7 Å². The molecule has 1 aromatic heterocycles. The van der Waals surface area contributed by atoms with Crippen LogP contribution >= 0.6 is 0 Å². The molecule has 2 N–H and O–H groups in total. The van der Waals surface area contributed by atoms with Gasteiger partial charge in [0.2, 0.25) is 5.95 Å². The summed E-state index contributed by atoms with van der Waals surface area (Å²) >= 11 is 0. The highest BCUT2D eigenvalue weighted by atomic mass is 19.4. The lowest BCUT2D eigenvalue weighted by molar-refractivity contribution is -0.137. The number of rotatable bonds is 11. The summed E-state index contributed by atoms with van der Waals surface area (Å²) in [5.41, 5.74) is 0.129. The van der Waals surface area contributed by atoms with Crippen LogP contribution in [0.1, 0.15) is 57.4 Å². The van der Waals surface area contributed by atoms with Gasteiger partial charge in [-0.25, -0.2) is 4.98 Å². The van der Waals surface area contributed by atoms with Crippen LogP contribution < -0.4 is 20.1 Å². The molecule has 36 heavy (non-hydrogen) atoms. The number of ether oxygens (including phenoxy) is 2. The number of halogens is 3. The molecule has 1 aliphatic rings. The molecule has 0 atom stereocenters. The summed E-state index contributed by atoms with van der Waals surface area (Å²) in [4.78, 5) is 8.01. The first-order chi connectivity index (χ1) is 17.4. The van der Waals surface area contributed by atoms with E-state index in [4.69, 9.17) is 9.47 Å². The number of nitrogens with zero attached hydrogens (tertiary/aromatic N) is 2. The predicted molar refractivity (Wildman–Crippen MR) is 134 cm³/mol. The first-order valence-electron chi connectivity index (χ1n) is 12.4. The highest BCUT2D eigenvalue weighted by molar-refractivity contribution is 5.64. The molecule has 0 radical (unpaired) electrons. The van der Waals surface area contributed by atoms with Crippen molar-refractivity contribution in [1.82, 2.24) is 9.97 Å². The number of nitrogens with one attached hydrogen (secondary N) is 2. The van der Waals surface area contributed by atoms with Gasteiger partial charge in [-0.1, -0.05) is 25.8 Å². The summed E-state index contributed by atoms with van der Waals surface area (Å²) < 4.78 is 52.7. The van der Waals surface area contributed by atoms with Gasteiger partial charge >= 0.3 is 6.18 Å². The Morgan fingerprint density at radius 1 is 0.944 bits per heavy atom. The topological polar surface area (TPSA) is 68.3 Å². The monoisotopic (exact) mass is 500 g/mol. The summed E-state index contributed by atoms with van der Waals surface area (Å²) in [5.74, 6) is 1.05. The van der Waals surface area contributed by atoms with Crippen LogP contribution in [0.3, 0.4) is 0 Å². The summed E-state index contributed by atoms with van der Waals surface area (Å²) in [5, 5.41) is 5.76. The van der Waals surface area contributed by atoms with Gasteiger partial charge < -0.3 is 20.1 Å². The third-order valence-corrected chi connectivity index (χ3v) is 5.92. The van der Waals surface area contributed by atoms with Crippen LogP contribution in [0.4, 0.5) is 36.3 Å². The van der Waals surface area contributed by atoms with Crippen LogP contribution in [-0.2, 0) is 6.18 Å². The molecule has 1 fully saturated rings. The van der Waals surface area contributed by atoms with Gasteiger partial charge in [-0.3, -0.25) is 0 Å². The Bertz CT molecular complexity index is 1120. The lowest BCUT2D eigenvalue weighted by atomic mass is 10.2. The van der Waals surface area contributed by atoms with E-state index in [1.165, 1.54) is 0 Å². The van der Waals surface area contributed by atoms with Crippen LogP contribution in [0.25, 0.3) is 0 Å². The molecule has 1 aliphatic carbocycles. The second kappa shape index (κ2) is 12.0. The molecular formula is C27H31F3N4O2. The molecule has 9 heteroatoms. The fourth-order valence-corrected chi connectivity index (χ4v) is 4.03. The van der Waals surface area contributed by atoms with Crippen molar-refractivity contribution >= 4 is 23.1 Å². The van der Waals surface area contributed by atoms with E-state index in [9.17, 15) is 13.2 Å². The molecule has 0 aliphatic heterocycles. The highest BCUT2D eigenvalue weighted by Gasteiger charge is 2.35. The minimum Gasteiger partial charge on any atom is -0.494 e. The van der Waals surface area contributed by atoms with Crippen LogP contribution in [0.15, 0.2) is 54.7 Å². The van der Waals surface area contributed by atoms with E-state index >= 15 is 0 Å². The normalized spacial score (nSPS) is 14.0. The maximum Gasteiger partial charge on any atom is 0.421 e. The zero-order valence-corrected chi connectivity index (χ0v) is 20.3. The van der Waals surface area contributed by atoms with Gasteiger partial charge in [0.05, 0.1) is 12.7 Å². The Balaban J connectivity index is 1.47. The van der Waals surface area contributed by atoms with Crippen molar-refractivity contribution in [2.24, 2.45) is 0 Å². The molecule has 2 aromatic carbocycles. The van der Waals surface area contributed by atoms with Crippen molar-refractivity contribution in [2.45, 2.75) is 64.1 Å². The van der Waals surface area contributed by atoms with E-state index in [-0.39, 0.29) is 17.9 Å². The smallest absolute Gasteiger partial charge is 0.421 e. The lowest BCUT2D eigenvalue weighted by Crippen LogP contribution is -2.13. The quantitative estimate of drug-likeness (QED) is 0.261. The largest absolute Gasteiger partial charge is 0.494 e. The molecule has 6 nitrogen and oxygen atoms in total. The predicted octanol–water partition coefficient (Wildman–Crippen LogP) is 7.87. The third-order valence-electron chi connectivity index (χ3n) is 5.92. The molecule has 0 amide bonds. The third kappa shape index (κ3) is 7.26. The Labute approximate surface area is 209 Å². The SMILES string of the molecule is CCCCCOc1ccc(Nc2ncc(C(F)(F)F)c(Nc3cccc(OC4CCCC4)c3)n2)cc1. The van der Waals surface area contributed by atoms with Crippen molar-refractivity contribution < 1.29 is 22.6 Å². The molecule has 0 saturated heterocycles. The Kier molecular flexibility index (Phi) is 8.51. The molecule has 1 heterocycles. The second-order valence-electron chi connectivity index (χ2n) is 8.84. The zero-order chi connectivity index (χ0) is 25.4. The van der Waals surface area contributed by atoms with E-state index < -0.39 is 11.7 Å². The molecular weight excluding hydrogens is 469 g/mol. The molecule has 192 valence electrons. The number of hydrogen-bond acceptors (Lipinski definition) is 6. The van der Waals surface area contributed by atoms with Crippen molar-refractivity contribution in [2.75, 3.05) is 17.2 Å². The summed E-state index contributed by atoms with van der Waals surface area (Å²) in [6, 6.07) is 14.1. The van der Waals surface area contributed by atoms with E-state index in [1.807, 2.05) is 0 Å². The van der Waals surface area contributed by atoms with Gasteiger partial charge in [0.25, 0.3) is 0 Å². The van der Waals surface area contributed by atoms with Gasteiger partial charge in [0, 0.05) is 23.6 Å². The van der Waals surface area contributed by atoms with Crippen molar-refractivity contribution in [3.05, 3.63) is 60.3 Å². The standard InChI is InChI=1S/C27H31F3N4O2/c1-2-3-6-16-35-21-14-12-19(13-15-21)33-26-31-18-24(27(28,29)30)25(34-26)32-20-8-7-11-23(17-20)36-22-9-4-5-10-22/h7-8,11-15,17-18,22H,2-6,9-10,16H2,1H3,(H2,31,32,33,34). The van der Waals surface area contributed by atoms with E-state index in [1.54, 1.807) is 48.5 Å². The maximum absolute atomic E-state index is 13.7. The number of anilines is 4. The molecule has 0 spiro atoms. The average molecular weight is 501 g/mol. The number of unbranched alkanes of at least 4 members (excludes halogenated alkanes) is 2. The van der Waals surface area contributed by atoms with Crippen LogP contribution in [0, 0.1) is 0 Å². The lowest BCUT2D eigenvalue weighted by Gasteiger charge is -2.17. The number of alkyl halides is 3. The van der Waals surface area contributed by atoms with Crippen molar-refractivity contribution in [1.29, 1.82) is 0 Å². The maximum atomic E-state index is 13.7. The summed E-state index contributed by atoms with van der Waals surface area (Å²) in [7, 11) is 0. The zero-order valence-electron chi connectivity index (χ0n) is 20.3. The summed E-state index contributed by atoms with van der Waals surface area (Å²) in [6.07, 6.45) is 3.76. The minimum absolute atomic E-state index is 0.0421. The molecule has 3 aromatic rings. The van der Waals surface area contributed by atoms with Gasteiger partial charge in [-0.2, -0.15) is 18.2 Å². The first kappa shape index (κ1) is 25.6. The second-order valence-corrected chi connectivity index (χ2v) is 8.84. The molecule has 1 saturated carbocycles. The Morgan fingerprint density at radius 3 is 2.44 bits per heavy atom. The molecule has 0 unspecified atom stereocenters. The van der Waals surface area contributed by atoms with E-state index in [2.05, 4.69) is 27.5 Å². The Morgan fingerprint density at radius 2 is 1.72 bits per heavy atom. The fourth-order valence-electron chi connectivity index (χ4n) is 4.03. The van der Waals surface area contributed by atoms with E-state index in [0.717, 1.165) is 56.9 Å². The van der Waals surface area contributed by atoms with Crippen LogP contribution in [-0.4, -0.2) is 22.7 Å². The highest BCUT2D eigenvalue weighted by Crippen LogP contribution is 2.36. The molecule has 4 rings (SSSR count). The molecule has 0 bridgehead atoms. The van der Waals surface area contributed by atoms with Gasteiger partial charge in [-0.05, 0) is 68.5 Å². The van der Waals surface area contributed by atoms with Crippen LogP contribution in [0.2, 0.25) is 0 Å². The van der Waals surface area contributed by atoms with Crippen LogP contribution in [0.5, 0.6) is 11.5 Å². The Hall–Kier alpha value is -3.49. The number of benzene rings is 2. The number of hydrogen-bond donors (Lipinski definition) is 2. The first-order valence-corrected chi connectivity index (χ1v) is 12.4. The fraction of sp³-hybridized carbons (Fsp3) is 0.407. The van der Waals surface area contributed by atoms with Crippen molar-refractivity contribution in [3.8, 4) is 11.5 Å². The minimum atomic E-state index is -4.62. The van der Waals surface area contributed by atoms with Gasteiger partial charge in [-0.15, -0.1) is 0 Å². The summed E-state index contributed by atoms with van der Waals surface area (Å²) in [6.45, 7) is 2.78. The number of aromatic nitrogens is 2. The average Bonchev–Trinajstić information content (AvgIpc) is 3.36. The van der Waals surface area contributed by atoms with Gasteiger partial charge in [0.15, 0.2) is 0 Å². The van der Waals surface area contributed by atoms with Crippen molar-refractivity contribution in [3.63, 3.8) is 0 Å².